The number of furan rings is 1. The lowest BCUT2D eigenvalue weighted by atomic mass is 9.93. The summed E-state index contributed by atoms with van der Waals surface area (Å²) in [5.41, 5.74) is 0.840. The number of benzene rings is 1. The Balaban J connectivity index is 2.29. The van der Waals surface area contributed by atoms with Crippen molar-refractivity contribution in [1.29, 1.82) is 0 Å². The lowest BCUT2D eigenvalue weighted by Crippen LogP contribution is -2.09. The van der Waals surface area contributed by atoms with Gasteiger partial charge in [0.25, 0.3) is 6.43 Å². The van der Waals surface area contributed by atoms with Gasteiger partial charge < -0.3 is 4.42 Å². The molecule has 0 bridgehead atoms. The fraction of sp³-hybridized carbons (Fsp3) is 0.500. The first-order valence-electron chi connectivity index (χ1n) is 6.83. The van der Waals surface area contributed by atoms with E-state index in [9.17, 15) is 8.78 Å². The van der Waals surface area contributed by atoms with E-state index in [0.29, 0.717) is 22.1 Å². The summed E-state index contributed by atoms with van der Waals surface area (Å²) in [4.78, 5) is 0. The SMILES string of the molecule is CC(C)(C)c1oc2c(C(F)F)cc(C3CC3)cc2c1Cl. The Labute approximate surface area is 121 Å². The molecule has 0 spiro atoms. The standard InChI is InChI=1S/C16H17ClF2O/c1-16(2,3)14-12(17)10-6-9(8-4-5-8)7-11(15(18)19)13(10)20-14/h6-8,15H,4-5H2,1-3H3. The van der Waals surface area contributed by atoms with Gasteiger partial charge in [-0.2, -0.15) is 0 Å². The second kappa shape index (κ2) is 4.45. The summed E-state index contributed by atoms with van der Waals surface area (Å²) in [6.45, 7) is 5.88. The minimum absolute atomic E-state index is 0.0400. The molecule has 1 nitrogen and oxygen atoms in total. The van der Waals surface area contributed by atoms with Crippen LogP contribution in [0.25, 0.3) is 11.0 Å². The monoisotopic (exact) mass is 298 g/mol. The summed E-state index contributed by atoms with van der Waals surface area (Å²) in [6.07, 6.45) is -0.419. The van der Waals surface area contributed by atoms with E-state index < -0.39 is 6.43 Å². The molecule has 0 N–H and O–H groups in total. The predicted octanol–water partition coefficient (Wildman–Crippen LogP) is 6.20. The molecule has 0 unspecified atom stereocenters. The lowest BCUT2D eigenvalue weighted by Gasteiger charge is -2.14. The maximum Gasteiger partial charge on any atom is 0.267 e. The third-order valence-electron chi connectivity index (χ3n) is 3.74. The number of fused-ring (bicyclic) bond motifs is 1. The molecule has 3 rings (SSSR count). The van der Waals surface area contributed by atoms with E-state index in [4.69, 9.17) is 16.0 Å². The third kappa shape index (κ3) is 2.22. The summed E-state index contributed by atoms with van der Waals surface area (Å²) in [7, 11) is 0. The van der Waals surface area contributed by atoms with E-state index in [1.54, 1.807) is 6.07 Å². The van der Waals surface area contributed by atoms with Gasteiger partial charge in [0.05, 0.1) is 10.6 Å². The Morgan fingerprint density at radius 1 is 1.25 bits per heavy atom. The number of hydrogen-bond acceptors (Lipinski definition) is 1. The number of alkyl halides is 2. The number of hydrogen-bond donors (Lipinski definition) is 0. The molecule has 0 amide bonds. The second-order valence-electron chi connectivity index (χ2n) is 6.56. The Morgan fingerprint density at radius 2 is 1.90 bits per heavy atom. The molecule has 2 aromatic rings. The van der Waals surface area contributed by atoms with Crippen molar-refractivity contribution in [2.45, 2.75) is 51.4 Å². The van der Waals surface area contributed by atoms with Crippen molar-refractivity contribution in [3.05, 3.63) is 34.0 Å². The minimum Gasteiger partial charge on any atom is -0.458 e. The fourth-order valence-corrected chi connectivity index (χ4v) is 2.98. The van der Waals surface area contributed by atoms with Crippen LogP contribution in [0.2, 0.25) is 5.02 Å². The van der Waals surface area contributed by atoms with Crippen molar-refractivity contribution in [2.24, 2.45) is 0 Å². The van der Waals surface area contributed by atoms with Gasteiger partial charge in [-0.3, -0.25) is 0 Å². The molecular weight excluding hydrogens is 282 g/mol. The molecular formula is C16H17ClF2O. The van der Waals surface area contributed by atoms with Gasteiger partial charge >= 0.3 is 0 Å². The fourth-order valence-electron chi connectivity index (χ4n) is 2.52. The first-order valence-corrected chi connectivity index (χ1v) is 7.21. The zero-order valence-corrected chi connectivity index (χ0v) is 12.5. The van der Waals surface area contributed by atoms with Crippen LogP contribution in [-0.4, -0.2) is 0 Å². The lowest BCUT2D eigenvalue weighted by molar-refractivity contribution is 0.151. The zero-order chi connectivity index (χ0) is 14.7. The normalized spacial score (nSPS) is 16.4. The maximum absolute atomic E-state index is 13.3. The minimum atomic E-state index is -2.55. The Morgan fingerprint density at radius 3 is 2.40 bits per heavy atom. The molecule has 1 aliphatic rings. The van der Waals surface area contributed by atoms with Crippen LogP contribution in [0.5, 0.6) is 0 Å². The molecule has 4 heteroatoms. The van der Waals surface area contributed by atoms with Crippen LogP contribution in [0.1, 0.15) is 62.8 Å². The molecule has 0 saturated heterocycles. The van der Waals surface area contributed by atoms with Crippen molar-refractivity contribution in [2.75, 3.05) is 0 Å². The summed E-state index contributed by atoms with van der Waals surface area (Å²) in [5, 5.41) is 1.09. The first-order chi connectivity index (χ1) is 9.29. The van der Waals surface area contributed by atoms with Crippen LogP contribution in [0.4, 0.5) is 8.78 Å². The molecule has 1 aromatic heterocycles. The van der Waals surface area contributed by atoms with Gasteiger partial charge in [-0.1, -0.05) is 32.4 Å². The second-order valence-corrected chi connectivity index (χ2v) is 6.93. The third-order valence-corrected chi connectivity index (χ3v) is 4.12. The van der Waals surface area contributed by atoms with Gasteiger partial charge in [0.1, 0.15) is 11.3 Å². The van der Waals surface area contributed by atoms with Crippen LogP contribution >= 0.6 is 11.6 Å². The molecule has 0 radical (unpaired) electrons. The van der Waals surface area contributed by atoms with Crippen molar-refractivity contribution in [3.8, 4) is 0 Å². The van der Waals surface area contributed by atoms with Crippen LogP contribution in [-0.2, 0) is 5.41 Å². The zero-order valence-electron chi connectivity index (χ0n) is 11.8. The first kappa shape index (κ1) is 13.9. The van der Waals surface area contributed by atoms with E-state index in [-0.39, 0.29) is 16.6 Å². The van der Waals surface area contributed by atoms with Crippen LogP contribution in [0.3, 0.4) is 0 Å². The van der Waals surface area contributed by atoms with Crippen LogP contribution in [0.15, 0.2) is 16.5 Å². The average molecular weight is 299 g/mol. The molecule has 1 saturated carbocycles. The van der Waals surface area contributed by atoms with Gasteiger partial charge in [-0.25, -0.2) is 8.78 Å². The number of halogens is 3. The summed E-state index contributed by atoms with van der Waals surface area (Å²) < 4.78 is 32.3. The molecule has 0 aliphatic heterocycles. The smallest absolute Gasteiger partial charge is 0.267 e. The maximum atomic E-state index is 13.3. The van der Waals surface area contributed by atoms with Crippen molar-refractivity contribution in [1.82, 2.24) is 0 Å². The van der Waals surface area contributed by atoms with Gasteiger partial charge in [-0.05, 0) is 36.5 Å². The Hall–Kier alpha value is -1.09. The Kier molecular flexibility index (Phi) is 3.09. The molecule has 0 atom stereocenters. The molecule has 1 fully saturated rings. The van der Waals surface area contributed by atoms with Crippen molar-refractivity contribution in [3.63, 3.8) is 0 Å². The largest absolute Gasteiger partial charge is 0.458 e. The summed E-state index contributed by atoms with van der Waals surface area (Å²) in [5.74, 6) is 0.977. The summed E-state index contributed by atoms with van der Waals surface area (Å²) in [6, 6.07) is 3.50. The number of rotatable bonds is 2. The van der Waals surface area contributed by atoms with Gasteiger partial charge in [-0.15, -0.1) is 0 Å². The highest BCUT2D eigenvalue weighted by Crippen LogP contribution is 2.46. The highest BCUT2D eigenvalue weighted by Gasteiger charge is 2.30. The quantitative estimate of drug-likeness (QED) is 0.643. The van der Waals surface area contributed by atoms with E-state index in [1.165, 1.54) is 0 Å². The van der Waals surface area contributed by atoms with Gasteiger partial charge in [0, 0.05) is 10.8 Å². The van der Waals surface area contributed by atoms with Gasteiger partial charge in [0.2, 0.25) is 0 Å². The average Bonchev–Trinajstić information content (AvgIpc) is 3.12. The molecule has 108 valence electrons. The topological polar surface area (TPSA) is 13.1 Å². The molecule has 1 aromatic carbocycles. The van der Waals surface area contributed by atoms with Crippen LogP contribution < -0.4 is 0 Å². The van der Waals surface area contributed by atoms with Crippen molar-refractivity contribution >= 4 is 22.6 Å². The van der Waals surface area contributed by atoms with Gasteiger partial charge in [0.15, 0.2) is 0 Å². The van der Waals surface area contributed by atoms with E-state index >= 15 is 0 Å². The molecule has 20 heavy (non-hydrogen) atoms. The van der Waals surface area contributed by atoms with Crippen LogP contribution in [0, 0.1) is 0 Å². The van der Waals surface area contributed by atoms with Crippen molar-refractivity contribution < 1.29 is 13.2 Å². The van der Waals surface area contributed by atoms with E-state index in [2.05, 4.69) is 0 Å². The molecule has 1 aliphatic carbocycles. The Bertz CT molecular complexity index is 663. The summed E-state index contributed by atoms with van der Waals surface area (Å²) >= 11 is 6.38. The highest BCUT2D eigenvalue weighted by molar-refractivity contribution is 6.36. The highest BCUT2D eigenvalue weighted by atomic mass is 35.5. The predicted molar refractivity (Wildman–Crippen MR) is 76.9 cm³/mol. The van der Waals surface area contributed by atoms with E-state index in [0.717, 1.165) is 18.4 Å². The molecule has 1 heterocycles. The van der Waals surface area contributed by atoms with E-state index in [1.807, 2.05) is 26.8 Å².